The number of hydrogen-bond donors (Lipinski definition) is 1. The lowest BCUT2D eigenvalue weighted by Gasteiger charge is -2.37. The van der Waals surface area contributed by atoms with Gasteiger partial charge in [-0.2, -0.15) is 0 Å². The number of amides is 1. The fraction of sp³-hybridized carbons (Fsp3) is 0.455. The molecule has 1 aromatic carbocycles. The van der Waals surface area contributed by atoms with Gasteiger partial charge in [-0.15, -0.1) is 11.3 Å². The van der Waals surface area contributed by atoms with E-state index in [9.17, 15) is 14.7 Å². The summed E-state index contributed by atoms with van der Waals surface area (Å²) in [5, 5.41) is 9.73. The van der Waals surface area contributed by atoms with Crippen molar-refractivity contribution in [2.24, 2.45) is 5.92 Å². The maximum Gasteiger partial charge on any atom is 0.348 e. The molecular weight excluding hydrogens is 377 g/mol. The van der Waals surface area contributed by atoms with Crippen LogP contribution in [0.2, 0.25) is 0 Å². The zero-order valence-electron chi connectivity index (χ0n) is 16.4. The van der Waals surface area contributed by atoms with Crippen LogP contribution in [0, 0.1) is 5.92 Å². The standard InChI is InChI=1S/C22H26FNO3S/c1-14(2)24(21(27)22(23)11-9-15(3)10-12-22)17-13-18(28-19(17)20(25)26)16-7-5-4-6-8-16/h4-8,13-15H,9-12H2,1-3H3,(H,25,26)/t15-,22+. The molecule has 0 atom stereocenters. The molecule has 1 aliphatic rings. The van der Waals surface area contributed by atoms with Gasteiger partial charge >= 0.3 is 5.97 Å². The Morgan fingerprint density at radius 1 is 1.21 bits per heavy atom. The Labute approximate surface area is 169 Å². The van der Waals surface area contributed by atoms with Crippen molar-refractivity contribution in [3.8, 4) is 10.4 Å². The molecule has 1 saturated carbocycles. The Balaban J connectivity index is 2.03. The molecule has 0 radical (unpaired) electrons. The van der Waals surface area contributed by atoms with E-state index in [0.29, 0.717) is 18.8 Å². The topological polar surface area (TPSA) is 57.6 Å². The van der Waals surface area contributed by atoms with Crippen LogP contribution >= 0.6 is 11.3 Å². The Kier molecular flexibility index (Phi) is 5.89. The van der Waals surface area contributed by atoms with Crippen molar-refractivity contribution in [3.05, 3.63) is 41.3 Å². The van der Waals surface area contributed by atoms with E-state index in [0.717, 1.165) is 21.8 Å². The Morgan fingerprint density at radius 2 is 1.82 bits per heavy atom. The normalized spacial score (nSPS) is 22.2. The summed E-state index contributed by atoms with van der Waals surface area (Å²) in [7, 11) is 0. The van der Waals surface area contributed by atoms with Crippen LogP contribution in [-0.2, 0) is 4.79 Å². The minimum Gasteiger partial charge on any atom is -0.477 e. The van der Waals surface area contributed by atoms with Gasteiger partial charge in [0.25, 0.3) is 5.91 Å². The van der Waals surface area contributed by atoms with E-state index < -0.39 is 17.5 Å². The Morgan fingerprint density at radius 3 is 2.36 bits per heavy atom. The monoisotopic (exact) mass is 403 g/mol. The number of nitrogens with zero attached hydrogens (tertiary/aromatic N) is 1. The summed E-state index contributed by atoms with van der Waals surface area (Å²) in [6, 6.07) is 10.8. The number of alkyl halides is 1. The summed E-state index contributed by atoms with van der Waals surface area (Å²) in [6.45, 7) is 5.65. The molecule has 6 heteroatoms. The highest BCUT2D eigenvalue weighted by molar-refractivity contribution is 7.18. The van der Waals surface area contributed by atoms with Crippen LogP contribution in [0.5, 0.6) is 0 Å². The minimum atomic E-state index is -1.93. The number of carboxylic acid groups (broad SMARTS) is 1. The second kappa shape index (κ2) is 8.03. The van der Waals surface area contributed by atoms with Gasteiger partial charge in [0, 0.05) is 10.9 Å². The van der Waals surface area contributed by atoms with Crippen LogP contribution in [0.1, 0.15) is 56.1 Å². The summed E-state index contributed by atoms with van der Waals surface area (Å²) in [5.41, 5.74) is -0.771. The molecule has 0 saturated heterocycles. The van der Waals surface area contributed by atoms with E-state index in [4.69, 9.17) is 0 Å². The summed E-state index contributed by atoms with van der Waals surface area (Å²) >= 11 is 1.11. The highest BCUT2D eigenvalue weighted by atomic mass is 32.1. The van der Waals surface area contributed by atoms with Crippen molar-refractivity contribution >= 4 is 28.9 Å². The van der Waals surface area contributed by atoms with Gasteiger partial charge < -0.3 is 10.0 Å². The number of benzene rings is 1. The molecule has 1 heterocycles. The lowest BCUT2D eigenvalue weighted by molar-refractivity contribution is -0.133. The third-order valence-electron chi connectivity index (χ3n) is 5.41. The Hall–Kier alpha value is -2.21. The molecule has 1 N–H and O–H groups in total. The first-order valence-electron chi connectivity index (χ1n) is 9.68. The second-order valence-corrected chi connectivity index (χ2v) is 8.97. The van der Waals surface area contributed by atoms with Gasteiger partial charge in [-0.1, -0.05) is 37.3 Å². The molecule has 0 bridgehead atoms. The van der Waals surface area contributed by atoms with Gasteiger partial charge in [0.1, 0.15) is 4.88 Å². The summed E-state index contributed by atoms with van der Waals surface area (Å²) in [4.78, 5) is 27.3. The summed E-state index contributed by atoms with van der Waals surface area (Å²) in [5.74, 6) is -1.32. The quantitative estimate of drug-likeness (QED) is 0.689. The molecule has 0 unspecified atom stereocenters. The molecule has 4 nitrogen and oxygen atoms in total. The van der Waals surface area contributed by atoms with Crippen LogP contribution in [0.3, 0.4) is 0 Å². The number of hydrogen-bond acceptors (Lipinski definition) is 3. The average molecular weight is 404 g/mol. The van der Waals surface area contributed by atoms with E-state index in [1.807, 2.05) is 30.3 Å². The number of anilines is 1. The van der Waals surface area contributed by atoms with E-state index in [-0.39, 0.29) is 29.4 Å². The molecule has 0 aliphatic heterocycles. The van der Waals surface area contributed by atoms with Crippen LogP contribution < -0.4 is 4.90 Å². The predicted molar refractivity (Wildman–Crippen MR) is 111 cm³/mol. The molecule has 1 aromatic heterocycles. The number of halogens is 1. The largest absolute Gasteiger partial charge is 0.477 e. The molecule has 3 rings (SSSR count). The summed E-state index contributed by atoms with van der Waals surface area (Å²) < 4.78 is 15.6. The van der Waals surface area contributed by atoms with Crippen molar-refractivity contribution in [3.63, 3.8) is 0 Å². The molecule has 150 valence electrons. The van der Waals surface area contributed by atoms with Gasteiger partial charge in [0.2, 0.25) is 0 Å². The molecule has 2 aromatic rings. The zero-order valence-corrected chi connectivity index (χ0v) is 17.3. The van der Waals surface area contributed by atoms with Gasteiger partial charge in [0.05, 0.1) is 5.69 Å². The predicted octanol–water partition coefficient (Wildman–Crippen LogP) is 5.77. The van der Waals surface area contributed by atoms with Crippen molar-refractivity contribution in [2.75, 3.05) is 4.90 Å². The van der Waals surface area contributed by atoms with Crippen LogP contribution in [-0.4, -0.2) is 28.7 Å². The number of aromatic carboxylic acids is 1. The SMILES string of the molecule is CC(C)N(c1cc(-c2ccccc2)sc1C(=O)O)C(=O)[C@]1(F)CC[C@@H](C)CC1. The van der Waals surface area contributed by atoms with Gasteiger partial charge in [0.15, 0.2) is 5.67 Å². The van der Waals surface area contributed by atoms with Gasteiger partial charge in [-0.25, -0.2) is 9.18 Å². The van der Waals surface area contributed by atoms with E-state index in [2.05, 4.69) is 6.92 Å². The van der Waals surface area contributed by atoms with Crippen molar-refractivity contribution < 1.29 is 19.1 Å². The van der Waals surface area contributed by atoms with Gasteiger partial charge in [-0.3, -0.25) is 4.79 Å². The fourth-order valence-electron chi connectivity index (χ4n) is 3.73. The molecule has 0 spiro atoms. The second-order valence-electron chi connectivity index (χ2n) is 7.91. The lowest BCUT2D eigenvalue weighted by Crippen LogP contribution is -2.51. The van der Waals surface area contributed by atoms with Crippen LogP contribution in [0.25, 0.3) is 10.4 Å². The van der Waals surface area contributed by atoms with E-state index in [1.165, 1.54) is 4.90 Å². The molecule has 1 aliphatic carbocycles. The smallest absolute Gasteiger partial charge is 0.348 e. The number of carboxylic acids is 1. The maximum atomic E-state index is 15.6. The number of carbonyl (C=O) groups excluding carboxylic acids is 1. The van der Waals surface area contributed by atoms with Crippen LogP contribution in [0.15, 0.2) is 36.4 Å². The van der Waals surface area contributed by atoms with E-state index >= 15 is 4.39 Å². The first-order valence-corrected chi connectivity index (χ1v) is 10.5. The molecule has 1 amide bonds. The first-order chi connectivity index (χ1) is 13.2. The van der Waals surface area contributed by atoms with E-state index in [1.54, 1.807) is 19.9 Å². The zero-order chi connectivity index (χ0) is 20.5. The highest BCUT2D eigenvalue weighted by Gasteiger charge is 2.45. The number of rotatable bonds is 5. The lowest BCUT2D eigenvalue weighted by atomic mass is 9.80. The maximum absolute atomic E-state index is 15.6. The van der Waals surface area contributed by atoms with Crippen molar-refractivity contribution in [2.45, 2.75) is 58.2 Å². The number of thiophene rings is 1. The summed E-state index contributed by atoms with van der Waals surface area (Å²) in [6.07, 6.45) is 1.71. The third-order valence-corrected chi connectivity index (χ3v) is 6.57. The van der Waals surface area contributed by atoms with Gasteiger partial charge in [-0.05, 0) is 57.1 Å². The van der Waals surface area contributed by atoms with Crippen molar-refractivity contribution in [1.82, 2.24) is 0 Å². The van der Waals surface area contributed by atoms with Crippen molar-refractivity contribution in [1.29, 1.82) is 0 Å². The molecule has 1 fully saturated rings. The molecule has 28 heavy (non-hydrogen) atoms. The fourth-order valence-corrected chi connectivity index (χ4v) is 4.72. The highest BCUT2D eigenvalue weighted by Crippen LogP contribution is 2.42. The van der Waals surface area contributed by atoms with Crippen LogP contribution in [0.4, 0.5) is 10.1 Å². The molecular formula is C22H26FNO3S. The average Bonchev–Trinajstić information content (AvgIpc) is 3.10. The third kappa shape index (κ3) is 3.97. The first kappa shape index (κ1) is 20.5. The number of carbonyl (C=O) groups is 2. The minimum absolute atomic E-state index is 0.0636. The Bertz CT molecular complexity index is 854.